The molecule has 2 aliphatic rings. The Hall–Kier alpha value is -1.47. The number of rotatable bonds is 5. The minimum absolute atomic E-state index is 0.0712. The van der Waals surface area contributed by atoms with Crippen molar-refractivity contribution >= 4 is 15.9 Å². The lowest BCUT2D eigenvalue weighted by molar-refractivity contribution is -0.122. The van der Waals surface area contributed by atoms with Crippen molar-refractivity contribution in [2.45, 2.75) is 68.3 Å². The normalized spacial score (nSPS) is 22.8. The van der Waals surface area contributed by atoms with Gasteiger partial charge in [0.2, 0.25) is 15.9 Å². The Bertz CT molecular complexity index is 700. The van der Waals surface area contributed by atoms with Crippen LogP contribution >= 0.6 is 0 Å². The third-order valence-electron chi connectivity index (χ3n) is 5.13. The van der Waals surface area contributed by atoms with Crippen molar-refractivity contribution in [1.29, 1.82) is 0 Å². The van der Waals surface area contributed by atoms with E-state index < -0.39 is 15.8 Å². The lowest BCUT2D eigenvalue weighted by Gasteiger charge is -2.34. The number of sulfonamides is 1. The summed E-state index contributed by atoms with van der Waals surface area (Å²) in [5.74, 6) is -0.539. The van der Waals surface area contributed by atoms with E-state index in [0.717, 1.165) is 50.7 Å². The maximum absolute atomic E-state index is 13.1. The molecule has 1 saturated carbocycles. The summed E-state index contributed by atoms with van der Waals surface area (Å²) in [6, 6.07) is 4.78. The molecule has 1 aliphatic heterocycles. The van der Waals surface area contributed by atoms with Crippen molar-refractivity contribution in [2.75, 3.05) is 6.54 Å². The molecule has 138 valence electrons. The van der Waals surface area contributed by atoms with Crippen LogP contribution in [0.5, 0.6) is 0 Å². The van der Waals surface area contributed by atoms with Crippen molar-refractivity contribution < 1.29 is 17.6 Å². The van der Waals surface area contributed by atoms with E-state index in [4.69, 9.17) is 0 Å². The van der Waals surface area contributed by atoms with E-state index in [0.29, 0.717) is 13.0 Å². The Balaban J connectivity index is 1.71. The van der Waals surface area contributed by atoms with Crippen LogP contribution in [-0.2, 0) is 14.8 Å². The number of hydrogen-bond acceptors (Lipinski definition) is 3. The molecule has 7 heteroatoms. The fraction of sp³-hybridized carbons (Fsp3) is 0.611. The van der Waals surface area contributed by atoms with Gasteiger partial charge in [0.05, 0.1) is 4.90 Å². The van der Waals surface area contributed by atoms with Gasteiger partial charge in [0.1, 0.15) is 5.82 Å². The molecule has 1 unspecified atom stereocenters. The van der Waals surface area contributed by atoms with Gasteiger partial charge in [-0.2, -0.15) is 4.31 Å². The molecule has 0 bridgehead atoms. The first kappa shape index (κ1) is 18.3. The van der Waals surface area contributed by atoms with Crippen molar-refractivity contribution in [3.8, 4) is 0 Å². The van der Waals surface area contributed by atoms with Gasteiger partial charge in [-0.05, 0) is 49.9 Å². The van der Waals surface area contributed by atoms with Crippen LogP contribution in [0.1, 0.15) is 51.4 Å². The average molecular weight is 368 g/mol. The van der Waals surface area contributed by atoms with Crippen LogP contribution in [0.15, 0.2) is 29.2 Å². The van der Waals surface area contributed by atoms with Gasteiger partial charge in [0.15, 0.2) is 0 Å². The number of nitrogens with zero attached hydrogens (tertiary/aromatic N) is 1. The summed E-state index contributed by atoms with van der Waals surface area (Å²) < 4.78 is 40.3. The van der Waals surface area contributed by atoms with Gasteiger partial charge >= 0.3 is 0 Å². The highest BCUT2D eigenvalue weighted by Gasteiger charge is 2.35. The SMILES string of the molecule is O=C(CC1CCCCN1S(=O)(=O)c1ccc(F)cc1)NC1CCCC1. The van der Waals surface area contributed by atoms with Crippen LogP contribution in [0.2, 0.25) is 0 Å². The first-order valence-corrected chi connectivity index (χ1v) is 10.5. The molecule has 1 aromatic carbocycles. The zero-order valence-corrected chi connectivity index (χ0v) is 15.1. The van der Waals surface area contributed by atoms with Crippen LogP contribution in [0.25, 0.3) is 0 Å². The number of nitrogens with one attached hydrogen (secondary N) is 1. The van der Waals surface area contributed by atoms with E-state index >= 15 is 0 Å². The fourth-order valence-corrected chi connectivity index (χ4v) is 5.50. The largest absolute Gasteiger partial charge is 0.353 e. The Morgan fingerprint density at radius 2 is 1.72 bits per heavy atom. The number of carbonyl (C=O) groups excluding carboxylic acids is 1. The van der Waals surface area contributed by atoms with Gasteiger partial charge in [0.25, 0.3) is 0 Å². The summed E-state index contributed by atoms with van der Waals surface area (Å²) >= 11 is 0. The smallest absolute Gasteiger partial charge is 0.243 e. The molecule has 0 radical (unpaired) electrons. The summed E-state index contributed by atoms with van der Waals surface area (Å²) in [5, 5.41) is 3.04. The average Bonchev–Trinajstić information content (AvgIpc) is 3.08. The Kier molecular flexibility index (Phi) is 5.74. The number of halogens is 1. The van der Waals surface area contributed by atoms with Crippen molar-refractivity contribution in [2.24, 2.45) is 0 Å². The molecule has 0 aromatic heterocycles. The molecular formula is C18H25FN2O3S. The fourth-order valence-electron chi connectivity index (χ4n) is 3.81. The third-order valence-corrected chi connectivity index (χ3v) is 7.10. The molecule has 2 fully saturated rings. The van der Waals surface area contributed by atoms with Gasteiger partial charge in [-0.1, -0.05) is 19.3 Å². The van der Waals surface area contributed by atoms with Crippen LogP contribution in [0, 0.1) is 5.82 Å². The summed E-state index contributed by atoms with van der Waals surface area (Å²) in [7, 11) is -3.71. The van der Waals surface area contributed by atoms with Crippen LogP contribution in [-0.4, -0.2) is 37.3 Å². The lowest BCUT2D eigenvalue weighted by atomic mass is 10.0. The van der Waals surface area contributed by atoms with Gasteiger partial charge in [0, 0.05) is 25.0 Å². The van der Waals surface area contributed by atoms with Crippen LogP contribution in [0.4, 0.5) is 4.39 Å². The van der Waals surface area contributed by atoms with E-state index in [1.165, 1.54) is 16.4 Å². The third kappa shape index (κ3) is 4.39. The first-order valence-electron chi connectivity index (χ1n) is 9.03. The molecular weight excluding hydrogens is 343 g/mol. The molecule has 1 atom stereocenters. The number of amides is 1. The predicted octanol–water partition coefficient (Wildman–Crippen LogP) is 2.82. The summed E-state index contributed by atoms with van der Waals surface area (Å²) in [5.41, 5.74) is 0. The van der Waals surface area contributed by atoms with Crippen LogP contribution in [0.3, 0.4) is 0 Å². The van der Waals surface area contributed by atoms with E-state index in [1.54, 1.807) is 0 Å². The maximum atomic E-state index is 13.1. The van der Waals surface area contributed by atoms with E-state index in [1.807, 2.05) is 0 Å². The number of benzene rings is 1. The monoisotopic (exact) mass is 368 g/mol. The van der Waals surface area contributed by atoms with E-state index in [-0.39, 0.29) is 29.3 Å². The minimum Gasteiger partial charge on any atom is -0.353 e. The molecule has 1 saturated heterocycles. The zero-order valence-electron chi connectivity index (χ0n) is 14.3. The summed E-state index contributed by atoms with van der Waals surface area (Å²) in [6.07, 6.45) is 6.86. The van der Waals surface area contributed by atoms with Crippen molar-refractivity contribution in [3.05, 3.63) is 30.1 Å². The molecule has 1 N–H and O–H groups in total. The summed E-state index contributed by atoms with van der Waals surface area (Å²) in [4.78, 5) is 12.4. The quantitative estimate of drug-likeness (QED) is 0.869. The second-order valence-corrected chi connectivity index (χ2v) is 8.86. The van der Waals surface area contributed by atoms with Crippen molar-refractivity contribution in [3.63, 3.8) is 0 Å². The van der Waals surface area contributed by atoms with Crippen molar-refractivity contribution in [1.82, 2.24) is 9.62 Å². The van der Waals surface area contributed by atoms with E-state index in [9.17, 15) is 17.6 Å². The molecule has 1 amide bonds. The second kappa shape index (κ2) is 7.83. The van der Waals surface area contributed by atoms with Gasteiger partial charge < -0.3 is 5.32 Å². The highest BCUT2D eigenvalue weighted by Crippen LogP contribution is 2.27. The highest BCUT2D eigenvalue weighted by atomic mass is 32.2. The van der Waals surface area contributed by atoms with Gasteiger partial charge in [-0.15, -0.1) is 0 Å². The molecule has 25 heavy (non-hydrogen) atoms. The standard InChI is InChI=1S/C18H25FN2O3S/c19-14-8-10-17(11-9-14)25(23,24)21-12-4-3-7-16(21)13-18(22)20-15-5-1-2-6-15/h8-11,15-16H,1-7,12-13H2,(H,20,22). The second-order valence-electron chi connectivity index (χ2n) is 6.97. The van der Waals surface area contributed by atoms with Gasteiger partial charge in [-0.3, -0.25) is 4.79 Å². The number of carbonyl (C=O) groups is 1. The number of piperidine rings is 1. The zero-order chi connectivity index (χ0) is 17.9. The Morgan fingerprint density at radius 1 is 1.08 bits per heavy atom. The molecule has 0 spiro atoms. The number of hydrogen-bond donors (Lipinski definition) is 1. The van der Waals surface area contributed by atoms with Crippen LogP contribution < -0.4 is 5.32 Å². The first-order chi connectivity index (χ1) is 12.0. The predicted molar refractivity (Wildman–Crippen MR) is 92.9 cm³/mol. The maximum Gasteiger partial charge on any atom is 0.243 e. The molecule has 1 aliphatic carbocycles. The summed E-state index contributed by atoms with van der Waals surface area (Å²) in [6.45, 7) is 0.404. The van der Waals surface area contributed by atoms with E-state index in [2.05, 4.69) is 5.32 Å². The minimum atomic E-state index is -3.71. The molecule has 1 heterocycles. The highest BCUT2D eigenvalue weighted by molar-refractivity contribution is 7.89. The van der Waals surface area contributed by atoms with Gasteiger partial charge in [-0.25, -0.2) is 12.8 Å². The molecule has 3 rings (SSSR count). The lowest BCUT2D eigenvalue weighted by Crippen LogP contribution is -2.46. The topological polar surface area (TPSA) is 66.5 Å². The Morgan fingerprint density at radius 3 is 2.40 bits per heavy atom. The Labute approximate surface area is 148 Å². The molecule has 1 aromatic rings. The molecule has 5 nitrogen and oxygen atoms in total.